The van der Waals surface area contributed by atoms with Crippen LogP contribution in [0.5, 0.6) is 0 Å². The number of amides is 2. The number of carbonyl (C=O) groups excluding carboxylic acids is 1. The van der Waals surface area contributed by atoms with Gasteiger partial charge in [0.25, 0.3) is 0 Å². The number of nitrogens with zero attached hydrogens (tertiary/aromatic N) is 2. The Morgan fingerprint density at radius 2 is 2.24 bits per heavy atom. The Balaban J connectivity index is 2.85. The normalized spacial score (nSPS) is 18.5. The van der Waals surface area contributed by atoms with E-state index in [1.165, 1.54) is 4.90 Å². The van der Waals surface area contributed by atoms with Crippen LogP contribution in [0.15, 0.2) is 24.3 Å². The van der Waals surface area contributed by atoms with Gasteiger partial charge in [0.05, 0.1) is 5.70 Å². The van der Waals surface area contributed by atoms with Gasteiger partial charge in [0.2, 0.25) is 0 Å². The van der Waals surface area contributed by atoms with Gasteiger partial charge in [-0.1, -0.05) is 26.3 Å². The minimum absolute atomic E-state index is 0.0866. The number of aliphatic hydroxyl groups excluding tert-OH is 1. The van der Waals surface area contributed by atoms with Crippen LogP contribution in [0.4, 0.5) is 9.18 Å². The van der Waals surface area contributed by atoms with Crippen LogP contribution in [0.2, 0.25) is 0 Å². The largest absolute Gasteiger partial charge is 0.376 e. The first-order valence-electron chi connectivity index (χ1n) is 5.80. The van der Waals surface area contributed by atoms with Crippen molar-refractivity contribution in [1.29, 1.82) is 0 Å². The fourth-order valence-corrected chi connectivity index (χ4v) is 1.74. The van der Waals surface area contributed by atoms with Gasteiger partial charge in [-0.05, 0) is 13.3 Å². The molecule has 1 N–H and O–H groups in total. The summed E-state index contributed by atoms with van der Waals surface area (Å²) in [5.74, 6) is -0.581. The molecule has 1 aliphatic rings. The lowest BCUT2D eigenvalue weighted by Crippen LogP contribution is -2.47. The molecular formula is C12H19FN2O2. The molecule has 1 heterocycles. The van der Waals surface area contributed by atoms with Crippen molar-refractivity contribution in [2.24, 2.45) is 0 Å². The molecule has 2 amide bonds. The third kappa shape index (κ3) is 2.85. The van der Waals surface area contributed by atoms with E-state index in [-0.39, 0.29) is 11.7 Å². The Morgan fingerprint density at radius 3 is 2.76 bits per heavy atom. The maximum absolute atomic E-state index is 13.5. The number of aliphatic hydroxyl groups is 1. The van der Waals surface area contributed by atoms with Crippen LogP contribution in [0.1, 0.15) is 33.1 Å². The first-order chi connectivity index (χ1) is 8.02. The summed E-state index contributed by atoms with van der Waals surface area (Å²) in [6.07, 6.45) is 3.96. The smallest absolute Gasteiger partial charge is 0.330 e. The lowest BCUT2D eigenvalue weighted by Gasteiger charge is -2.35. The quantitative estimate of drug-likeness (QED) is 0.805. The monoisotopic (exact) mass is 242 g/mol. The number of rotatable bonds is 5. The van der Waals surface area contributed by atoms with Gasteiger partial charge in [0.15, 0.2) is 5.83 Å². The summed E-state index contributed by atoms with van der Waals surface area (Å²) in [7, 11) is 0. The van der Waals surface area contributed by atoms with E-state index in [9.17, 15) is 9.18 Å². The van der Waals surface area contributed by atoms with E-state index in [1.54, 1.807) is 0 Å². The second-order valence-corrected chi connectivity index (χ2v) is 4.17. The SMILES string of the molecule is C=C1C(F)=CN(C(C)CCCC)C(=O)N1CO. The number of halogens is 1. The second-order valence-electron chi connectivity index (χ2n) is 4.17. The molecule has 4 nitrogen and oxygen atoms in total. The summed E-state index contributed by atoms with van der Waals surface area (Å²) < 4.78 is 13.5. The molecule has 1 rings (SSSR count). The third-order valence-electron chi connectivity index (χ3n) is 2.90. The highest BCUT2D eigenvalue weighted by atomic mass is 19.1. The molecule has 0 spiro atoms. The number of hydrogen-bond donors (Lipinski definition) is 1. The molecular weight excluding hydrogens is 223 g/mol. The molecule has 0 aromatic carbocycles. The van der Waals surface area contributed by atoms with Crippen molar-refractivity contribution in [3.8, 4) is 0 Å². The van der Waals surface area contributed by atoms with E-state index in [0.717, 1.165) is 30.4 Å². The first kappa shape index (κ1) is 13.7. The topological polar surface area (TPSA) is 43.8 Å². The highest BCUT2D eigenvalue weighted by Gasteiger charge is 2.31. The summed E-state index contributed by atoms with van der Waals surface area (Å²) in [6, 6.07) is -0.516. The zero-order chi connectivity index (χ0) is 13.0. The summed E-state index contributed by atoms with van der Waals surface area (Å²) in [5.41, 5.74) is -0.0866. The zero-order valence-corrected chi connectivity index (χ0v) is 10.3. The van der Waals surface area contributed by atoms with Crippen molar-refractivity contribution in [2.75, 3.05) is 6.73 Å². The van der Waals surface area contributed by atoms with Crippen LogP contribution >= 0.6 is 0 Å². The predicted molar refractivity (Wildman–Crippen MR) is 63.5 cm³/mol. The van der Waals surface area contributed by atoms with Crippen LogP contribution < -0.4 is 0 Å². The van der Waals surface area contributed by atoms with Crippen LogP contribution in [0, 0.1) is 0 Å². The Labute approximate surface area is 101 Å². The minimum Gasteiger partial charge on any atom is -0.376 e. The Kier molecular flexibility index (Phi) is 4.69. The molecule has 0 saturated heterocycles. The standard InChI is InChI=1S/C12H19FN2O2/c1-4-5-6-9(2)14-7-11(13)10(3)15(8-16)12(14)17/h7,9,16H,3-6,8H2,1-2H3. The molecule has 0 saturated carbocycles. The fraction of sp³-hybridized carbons (Fsp3) is 0.583. The molecule has 1 unspecified atom stereocenters. The zero-order valence-electron chi connectivity index (χ0n) is 10.3. The molecule has 96 valence electrons. The molecule has 1 atom stereocenters. The lowest BCUT2D eigenvalue weighted by atomic mass is 10.1. The summed E-state index contributed by atoms with van der Waals surface area (Å²) in [5, 5.41) is 9.05. The van der Waals surface area contributed by atoms with Gasteiger partial charge in [-0.15, -0.1) is 0 Å². The number of hydrogen-bond acceptors (Lipinski definition) is 2. The molecule has 1 aliphatic heterocycles. The van der Waals surface area contributed by atoms with E-state index >= 15 is 0 Å². The van der Waals surface area contributed by atoms with E-state index in [4.69, 9.17) is 5.11 Å². The maximum atomic E-state index is 13.5. The molecule has 0 radical (unpaired) electrons. The molecule has 0 aliphatic carbocycles. The lowest BCUT2D eigenvalue weighted by molar-refractivity contribution is 0.110. The van der Waals surface area contributed by atoms with Gasteiger partial charge in [0.1, 0.15) is 6.73 Å². The predicted octanol–water partition coefficient (Wildman–Crippen LogP) is 2.58. The summed E-state index contributed by atoms with van der Waals surface area (Å²) in [4.78, 5) is 14.2. The van der Waals surface area contributed by atoms with Crippen LogP contribution in [0.25, 0.3) is 0 Å². The fourth-order valence-electron chi connectivity index (χ4n) is 1.74. The Morgan fingerprint density at radius 1 is 1.59 bits per heavy atom. The molecule has 0 aromatic heterocycles. The molecule has 0 fully saturated rings. The van der Waals surface area contributed by atoms with Crippen molar-refractivity contribution in [3.63, 3.8) is 0 Å². The van der Waals surface area contributed by atoms with E-state index < -0.39 is 18.6 Å². The second kappa shape index (κ2) is 5.82. The highest BCUT2D eigenvalue weighted by Crippen LogP contribution is 2.25. The molecule has 0 aromatic rings. The minimum atomic E-state index is -0.581. The molecule has 0 bridgehead atoms. The van der Waals surface area contributed by atoms with Crippen molar-refractivity contribution < 1.29 is 14.3 Å². The number of allylic oxidation sites excluding steroid dienone is 1. The Bertz CT molecular complexity index is 341. The van der Waals surface area contributed by atoms with Gasteiger partial charge < -0.3 is 5.11 Å². The maximum Gasteiger partial charge on any atom is 0.330 e. The van der Waals surface area contributed by atoms with Crippen LogP contribution in [-0.2, 0) is 0 Å². The third-order valence-corrected chi connectivity index (χ3v) is 2.90. The molecule has 5 heteroatoms. The van der Waals surface area contributed by atoms with Crippen LogP contribution in [-0.4, -0.2) is 33.7 Å². The van der Waals surface area contributed by atoms with Crippen molar-refractivity contribution >= 4 is 6.03 Å². The number of carbonyl (C=O) groups is 1. The summed E-state index contributed by atoms with van der Waals surface area (Å²) in [6.45, 7) is 6.79. The van der Waals surface area contributed by atoms with Gasteiger partial charge in [-0.25, -0.2) is 9.18 Å². The number of urea groups is 1. The van der Waals surface area contributed by atoms with E-state index in [0.29, 0.717) is 0 Å². The van der Waals surface area contributed by atoms with Crippen molar-refractivity contribution in [1.82, 2.24) is 9.80 Å². The van der Waals surface area contributed by atoms with Gasteiger partial charge in [-0.3, -0.25) is 9.80 Å². The van der Waals surface area contributed by atoms with E-state index in [2.05, 4.69) is 13.5 Å². The average molecular weight is 242 g/mol. The van der Waals surface area contributed by atoms with Crippen molar-refractivity contribution in [2.45, 2.75) is 39.2 Å². The van der Waals surface area contributed by atoms with E-state index in [1.807, 2.05) is 6.92 Å². The summed E-state index contributed by atoms with van der Waals surface area (Å²) >= 11 is 0. The molecule has 17 heavy (non-hydrogen) atoms. The average Bonchev–Trinajstić information content (AvgIpc) is 2.31. The van der Waals surface area contributed by atoms with Gasteiger partial charge in [-0.2, -0.15) is 0 Å². The van der Waals surface area contributed by atoms with Crippen molar-refractivity contribution in [3.05, 3.63) is 24.3 Å². The Hall–Kier alpha value is -1.36. The highest BCUT2D eigenvalue weighted by molar-refractivity contribution is 5.80. The van der Waals surface area contributed by atoms with Gasteiger partial charge >= 0.3 is 6.03 Å². The first-order valence-corrected chi connectivity index (χ1v) is 5.80. The van der Waals surface area contributed by atoms with Gasteiger partial charge in [0, 0.05) is 12.2 Å². The van der Waals surface area contributed by atoms with Crippen LogP contribution in [0.3, 0.4) is 0 Å². The number of unbranched alkanes of at least 4 members (excludes halogenated alkanes) is 1.